The molecule has 0 radical (unpaired) electrons. The lowest BCUT2D eigenvalue weighted by atomic mass is 10.0. The third-order valence-corrected chi connectivity index (χ3v) is 4.30. The predicted octanol–water partition coefficient (Wildman–Crippen LogP) is 2.36. The van der Waals surface area contributed by atoms with Gasteiger partial charge in [0.05, 0.1) is 6.54 Å². The molecule has 0 heterocycles. The lowest BCUT2D eigenvalue weighted by Gasteiger charge is -2.12. The van der Waals surface area contributed by atoms with Gasteiger partial charge in [-0.05, 0) is 29.5 Å². The molecule has 0 bridgehead atoms. The monoisotopic (exact) mass is 411 g/mol. The van der Waals surface area contributed by atoms with Crippen LogP contribution in [-0.2, 0) is 20.8 Å². The molecule has 0 aromatic heterocycles. The molecule has 3 amide bonds. The molecule has 0 aliphatic rings. The Balaban J connectivity index is 1.72. The first-order valence-electron chi connectivity index (χ1n) is 10.0. The molecule has 2 aromatic carbocycles. The lowest BCUT2D eigenvalue weighted by Crippen LogP contribution is -2.47. The number of hydrazine groups is 1. The Morgan fingerprint density at radius 3 is 2.27 bits per heavy atom. The maximum atomic E-state index is 12.0. The Hall–Kier alpha value is -3.35. The quantitative estimate of drug-likeness (QED) is 0.523. The number of rotatable bonds is 10. The van der Waals surface area contributed by atoms with Crippen LogP contribution in [0.1, 0.15) is 37.8 Å². The third kappa shape index (κ3) is 8.77. The Bertz CT molecular complexity index is 837. The number of benzene rings is 2. The molecule has 160 valence electrons. The van der Waals surface area contributed by atoms with Crippen molar-refractivity contribution >= 4 is 17.7 Å². The molecular formula is C23H29N3O4. The van der Waals surface area contributed by atoms with Crippen molar-refractivity contribution in [3.63, 3.8) is 0 Å². The van der Waals surface area contributed by atoms with Gasteiger partial charge in [-0.1, -0.05) is 62.4 Å². The summed E-state index contributed by atoms with van der Waals surface area (Å²) >= 11 is 0. The van der Waals surface area contributed by atoms with Crippen molar-refractivity contribution in [2.45, 2.75) is 33.1 Å². The second-order valence-electron chi connectivity index (χ2n) is 7.36. The van der Waals surface area contributed by atoms with E-state index in [1.165, 1.54) is 0 Å². The molecule has 0 aliphatic heterocycles. The van der Waals surface area contributed by atoms with Crippen molar-refractivity contribution in [1.29, 1.82) is 0 Å². The van der Waals surface area contributed by atoms with Crippen molar-refractivity contribution in [2.24, 2.45) is 5.92 Å². The van der Waals surface area contributed by atoms with Crippen LogP contribution in [0.4, 0.5) is 0 Å². The summed E-state index contributed by atoms with van der Waals surface area (Å²) in [5.74, 6) is -0.166. The summed E-state index contributed by atoms with van der Waals surface area (Å²) in [5.41, 5.74) is 6.64. The van der Waals surface area contributed by atoms with E-state index in [9.17, 15) is 14.4 Å². The van der Waals surface area contributed by atoms with E-state index >= 15 is 0 Å². The zero-order valence-corrected chi connectivity index (χ0v) is 17.4. The summed E-state index contributed by atoms with van der Waals surface area (Å²) in [7, 11) is 0. The summed E-state index contributed by atoms with van der Waals surface area (Å²) in [5, 5.41) is 2.52. The average molecular weight is 412 g/mol. The van der Waals surface area contributed by atoms with E-state index < -0.39 is 11.8 Å². The molecule has 0 fully saturated rings. The van der Waals surface area contributed by atoms with E-state index in [-0.39, 0.29) is 19.1 Å². The highest BCUT2D eigenvalue weighted by Crippen LogP contribution is 2.21. The summed E-state index contributed by atoms with van der Waals surface area (Å²) in [4.78, 5) is 35.3. The van der Waals surface area contributed by atoms with Gasteiger partial charge < -0.3 is 10.1 Å². The summed E-state index contributed by atoms with van der Waals surface area (Å²) < 4.78 is 5.62. The van der Waals surface area contributed by atoms with Gasteiger partial charge in [0, 0.05) is 12.8 Å². The molecular weight excluding hydrogens is 382 g/mol. The number of para-hydroxylation sites is 1. The van der Waals surface area contributed by atoms with Crippen molar-refractivity contribution in [2.75, 3.05) is 13.2 Å². The van der Waals surface area contributed by atoms with E-state index in [1.54, 1.807) is 6.07 Å². The molecule has 30 heavy (non-hydrogen) atoms. The standard InChI is InChI=1S/C23H29N3O4/c1-17(2)12-13-21(27)24-15-22(28)25-26-23(29)16-30-20-11-7-6-10-19(20)14-18-8-4-3-5-9-18/h3-11,17H,12-16H2,1-2H3,(H,24,27)(H,25,28)(H,26,29). The van der Waals surface area contributed by atoms with Crippen LogP contribution in [0.3, 0.4) is 0 Å². The van der Waals surface area contributed by atoms with E-state index in [0.717, 1.165) is 17.5 Å². The highest BCUT2D eigenvalue weighted by atomic mass is 16.5. The van der Waals surface area contributed by atoms with E-state index in [2.05, 4.69) is 16.2 Å². The van der Waals surface area contributed by atoms with Crippen LogP contribution in [0.15, 0.2) is 54.6 Å². The van der Waals surface area contributed by atoms with Crippen LogP contribution in [-0.4, -0.2) is 30.9 Å². The Morgan fingerprint density at radius 1 is 0.867 bits per heavy atom. The first-order valence-corrected chi connectivity index (χ1v) is 10.0. The van der Waals surface area contributed by atoms with Crippen molar-refractivity contribution in [1.82, 2.24) is 16.2 Å². The van der Waals surface area contributed by atoms with Gasteiger partial charge in [-0.15, -0.1) is 0 Å². The minimum Gasteiger partial charge on any atom is -0.483 e. The topological polar surface area (TPSA) is 96.5 Å². The van der Waals surface area contributed by atoms with Gasteiger partial charge in [-0.3, -0.25) is 25.2 Å². The van der Waals surface area contributed by atoms with Crippen molar-refractivity contribution in [3.05, 3.63) is 65.7 Å². The average Bonchev–Trinajstić information content (AvgIpc) is 2.75. The van der Waals surface area contributed by atoms with Crippen molar-refractivity contribution in [3.8, 4) is 5.75 Å². The first kappa shape index (κ1) is 22.9. The molecule has 7 nitrogen and oxygen atoms in total. The predicted molar refractivity (Wildman–Crippen MR) is 115 cm³/mol. The number of hydrogen-bond acceptors (Lipinski definition) is 4. The normalized spacial score (nSPS) is 10.4. The molecule has 0 aliphatic carbocycles. The fourth-order valence-corrected chi connectivity index (χ4v) is 2.66. The molecule has 2 rings (SSSR count). The highest BCUT2D eigenvalue weighted by Gasteiger charge is 2.10. The van der Waals surface area contributed by atoms with Gasteiger partial charge in [-0.2, -0.15) is 0 Å². The number of nitrogens with one attached hydrogen (secondary N) is 3. The van der Waals surface area contributed by atoms with Gasteiger partial charge in [0.2, 0.25) is 5.91 Å². The number of ether oxygens (including phenoxy) is 1. The maximum Gasteiger partial charge on any atom is 0.276 e. The molecule has 3 N–H and O–H groups in total. The summed E-state index contributed by atoms with van der Waals surface area (Å²) in [6.45, 7) is 3.61. The lowest BCUT2D eigenvalue weighted by molar-refractivity contribution is -0.130. The maximum absolute atomic E-state index is 12.0. The van der Waals surface area contributed by atoms with Crippen LogP contribution in [0.2, 0.25) is 0 Å². The van der Waals surface area contributed by atoms with Gasteiger partial charge in [0.1, 0.15) is 5.75 Å². The molecule has 0 spiro atoms. The largest absolute Gasteiger partial charge is 0.483 e. The zero-order valence-electron chi connectivity index (χ0n) is 17.4. The molecule has 0 unspecified atom stereocenters. The van der Waals surface area contributed by atoms with Crippen molar-refractivity contribution < 1.29 is 19.1 Å². The summed E-state index contributed by atoms with van der Waals surface area (Å²) in [6, 6.07) is 17.5. The van der Waals surface area contributed by atoms with E-state index in [0.29, 0.717) is 24.5 Å². The number of hydrogen-bond donors (Lipinski definition) is 3. The second-order valence-corrected chi connectivity index (χ2v) is 7.36. The number of amides is 3. The Labute approximate surface area is 177 Å². The van der Waals surface area contributed by atoms with E-state index in [4.69, 9.17) is 4.74 Å². The van der Waals surface area contributed by atoms with Gasteiger partial charge in [0.25, 0.3) is 11.8 Å². The highest BCUT2D eigenvalue weighted by molar-refractivity contribution is 5.86. The second kappa shape index (κ2) is 12.3. The fraction of sp³-hybridized carbons (Fsp3) is 0.348. The van der Waals surface area contributed by atoms with Crippen LogP contribution >= 0.6 is 0 Å². The van der Waals surface area contributed by atoms with Crippen LogP contribution < -0.4 is 20.9 Å². The first-order chi connectivity index (χ1) is 14.4. The van der Waals surface area contributed by atoms with Gasteiger partial charge in [0.15, 0.2) is 6.61 Å². The molecule has 0 saturated heterocycles. The minimum absolute atomic E-state index is 0.191. The molecule has 0 atom stereocenters. The minimum atomic E-state index is -0.509. The smallest absolute Gasteiger partial charge is 0.276 e. The zero-order chi connectivity index (χ0) is 21.8. The molecule has 0 saturated carbocycles. The Morgan fingerprint density at radius 2 is 1.53 bits per heavy atom. The number of carbonyl (C=O) groups excluding carboxylic acids is 3. The molecule has 7 heteroatoms. The Kier molecular flexibility index (Phi) is 9.37. The van der Waals surface area contributed by atoms with Gasteiger partial charge in [-0.25, -0.2) is 0 Å². The van der Waals surface area contributed by atoms with Gasteiger partial charge >= 0.3 is 0 Å². The number of carbonyl (C=O) groups is 3. The third-order valence-electron chi connectivity index (χ3n) is 4.30. The summed E-state index contributed by atoms with van der Waals surface area (Å²) in [6.07, 6.45) is 1.81. The van der Waals surface area contributed by atoms with Crippen LogP contribution in [0.25, 0.3) is 0 Å². The van der Waals surface area contributed by atoms with E-state index in [1.807, 2.05) is 62.4 Å². The van der Waals surface area contributed by atoms with Crippen LogP contribution in [0.5, 0.6) is 5.75 Å². The SMILES string of the molecule is CC(C)CCC(=O)NCC(=O)NNC(=O)COc1ccccc1Cc1ccccc1. The molecule has 2 aromatic rings. The van der Waals surface area contributed by atoms with Crippen LogP contribution in [0, 0.1) is 5.92 Å². The fourth-order valence-electron chi connectivity index (χ4n) is 2.66.